The minimum atomic E-state index is -0.810. The first-order valence-electron chi connectivity index (χ1n) is 10.8. The van der Waals surface area contributed by atoms with E-state index in [1.807, 2.05) is 41.1 Å². The number of aliphatic hydroxyl groups excluding tert-OH is 1. The predicted molar refractivity (Wildman–Crippen MR) is 123 cm³/mol. The van der Waals surface area contributed by atoms with Crippen LogP contribution >= 0.6 is 0 Å². The first-order valence-corrected chi connectivity index (χ1v) is 10.8. The number of nitrogens with one attached hydrogen (secondary N) is 1. The van der Waals surface area contributed by atoms with Crippen LogP contribution in [-0.4, -0.2) is 65.3 Å². The van der Waals surface area contributed by atoms with E-state index in [0.29, 0.717) is 36.7 Å². The highest BCUT2D eigenvalue weighted by Crippen LogP contribution is 2.36. The van der Waals surface area contributed by atoms with Gasteiger partial charge >= 0.3 is 0 Å². The second-order valence-corrected chi connectivity index (χ2v) is 7.88. The van der Waals surface area contributed by atoms with Crippen molar-refractivity contribution in [3.8, 4) is 5.88 Å². The number of aromatic nitrogens is 3. The van der Waals surface area contributed by atoms with Crippen molar-refractivity contribution in [3.63, 3.8) is 0 Å². The van der Waals surface area contributed by atoms with Crippen molar-refractivity contribution in [2.75, 3.05) is 27.4 Å². The highest BCUT2D eigenvalue weighted by atomic mass is 16.5. The molecule has 1 aromatic carbocycles. The van der Waals surface area contributed by atoms with Gasteiger partial charge in [0.15, 0.2) is 0 Å². The number of hydrogen-bond acceptors (Lipinski definition) is 8. The fourth-order valence-electron chi connectivity index (χ4n) is 4.28. The summed E-state index contributed by atoms with van der Waals surface area (Å²) in [7, 11) is 3.19. The Labute approximate surface area is 193 Å². The zero-order valence-electron chi connectivity index (χ0n) is 18.9. The first kappa shape index (κ1) is 23.3. The molecule has 33 heavy (non-hydrogen) atoms. The Morgan fingerprint density at radius 1 is 1.21 bits per heavy atom. The lowest BCUT2D eigenvalue weighted by Crippen LogP contribution is -2.39. The van der Waals surface area contributed by atoms with Gasteiger partial charge in [-0.1, -0.05) is 36.4 Å². The van der Waals surface area contributed by atoms with E-state index in [9.17, 15) is 5.11 Å². The molecule has 4 rings (SSSR count). The minimum absolute atomic E-state index is 0.189. The molecule has 3 heterocycles. The van der Waals surface area contributed by atoms with Crippen molar-refractivity contribution in [3.05, 3.63) is 66.6 Å². The molecule has 1 aliphatic rings. The highest BCUT2D eigenvalue weighted by Gasteiger charge is 2.44. The number of nitrogens with zero attached hydrogens (tertiary/aromatic N) is 3. The Balaban J connectivity index is 1.64. The lowest BCUT2D eigenvalue weighted by molar-refractivity contribution is -0.0290. The second kappa shape index (κ2) is 10.9. The summed E-state index contributed by atoms with van der Waals surface area (Å²) < 4.78 is 24.6. The lowest BCUT2D eigenvalue weighted by Gasteiger charge is -2.20. The SMILES string of the molecule is C=CCO[C@H]1[C@@H](O)[C@H](c2cn(COCc3ccccc3)c3c(OC)ncnc23)N[C@@H]1COC. The minimum Gasteiger partial charge on any atom is -0.479 e. The summed E-state index contributed by atoms with van der Waals surface area (Å²) in [6.07, 6.45) is 3.78. The number of fused-ring (bicyclic) bond motifs is 1. The van der Waals surface area contributed by atoms with E-state index in [1.54, 1.807) is 20.3 Å². The third-order valence-electron chi connectivity index (χ3n) is 5.74. The van der Waals surface area contributed by atoms with Gasteiger partial charge in [0.25, 0.3) is 0 Å². The zero-order valence-corrected chi connectivity index (χ0v) is 18.9. The van der Waals surface area contributed by atoms with Crippen LogP contribution in [0.1, 0.15) is 17.2 Å². The molecule has 176 valence electrons. The third-order valence-corrected chi connectivity index (χ3v) is 5.74. The maximum Gasteiger partial charge on any atom is 0.241 e. The average molecular weight is 455 g/mol. The Morgan fingerprint density at radius 2 is 2.03 bits per heavy atom. The number of benzene rings is 1. The number of hydrogen-bond donors (Lipinski definition) is 2. The maximum absolute atomic E-state index is 11.2. The van der Waals surface area contributed by atoms with Gasteiger partial charge in [-0.05, 0) is 5.56 Å². The molecule has 0 saturated carbocycles. The zero-order chi connectivity index (χ0) is 23.2. The fourth-order valence-corrected chi connectivity index (χ4v) is 4.28. The van der Waals surface area contributed by atoms with Crippen LogP contribution in [0.15, 0.2) is 55.5 Å². The van der Waals surface area contributed by atoms with E-state index in [2.05, 4.69) is 21.9 Å². The smallest absolute Gasteiger partial charge is 0.241 e. The largest absolute Gasteiger partial charge is 0.479 e. The molecule has 2 N–H and O–H groups in total. The molecule has 9 heteroatoms. The summed E-state index contributed by atoms with van der Waals surface area (Å²) in [4.78, 5) is 8.77. The van der Waals surface area contributed by atoms with E-state index < -0.39 is 18.2 Å². The molecule has 4 atom stereocenters. The van der Waals surface area contributed by atoms with Gasteiger partial charge in [-0.15, -0.1) is 6.58 Å². The van der Waals surface area contributed by atoms with Gasteiger partial charge in [-0.25, -0.2) is 4.98 Å². The van der Waals surface area contributed by atoms with E-state index in [0.717, 1.165) is 11.1 Å². The maximum atomic E-state index is 11.2. The molecular weight excluding hydrogens is 424 g/mol. The van der Waals surface area contributed by atoms with Crippen molar-refractivity contribution >= 4 is 11.0 Å². The molecule has 1 aliphatic heterocycles. The fraction of sp³-hybridized carbons (Fsp3) is 0.417. The van der Waals surface area contributed by atoms with Crippen LogP contribution in [0.3, 0.4) is 0 Å². The molecule has 1 saturated heterocycles. The average Bonchev–Trinajstić information content (AvgIpc) is 3.36. The molecular formula is C24H30N4O5. The lowest BCUT2D eigenvalue weighted by atomic mass is 10.0. The van der Waals surface area contributed by atoms with Gasteiger partial charge in [-0.3, -0.25) is 0 Å². The monoisotopic (exact) mass is 454 g/mol. The topological polar surface area (TPSA) is 99.9 Å². The van der Waals surface area contributed by atoms with Gasteiger partial charge in [0.2, 0.25) is 5.88 Å². The quantitative estimate of drug-likeness (QED) is 0.426. The summed E-state index contributed by atoms with van der Waals surface area (Å²) in [5, 5.41) is 14.6. The third kappa shape index (κ3) is 4.92. The molecule has 9 nitrogen and oxygen atoms in total. The summed E-state index contributed by atoms with van der Waals surface area (Å²) >= 11 is 0. The van der Waals surface area contributed by atoms with Crippen LogP contribution in [0.4, 0.5) is 0 Å². The van der Waals surface area contributed by atoms with E-state index in [4.69, 9.17) is 18.9 Å². The predicted octanol–water partition coefficient (Wildman–Crippen LogP) is 2.21. The molecule has 0 radical (unpaired) electrons. The second-order valence-electron chi connectivity index (χ2n) is 7.88. The Morgan fingerprint density at radius 3 is 2.76 bits per heavy atom. The van der Waals surface area contributed by atoms with Crippen LogP contribution in [0.2, 0.25) is 0 Å². The van der Waals surface area contributed by atoms with Gasteiger partial charge in [0.1, 0.15) is 36.3 Å². The van der Waals surface area contributed by atoms with Gasteiger partial charge in [-0.2, -0.15) is 4.98 Å². The van der Waals surface area contributed by atoms with Crippen molar-refractivity contribution in [1.82, 2.24) is 19.9 Å². The van der Waals surface area contributed by atoms with Crippen LogP contribution in [0.25, 0.3) is 11.0 Å². The van der Waals surface area contributed by atoms with E-state index in [-0.39, 0.29) is 12.8 Å². The first-order chi connectivity index (χ1) is 16.2. The van der Waals surface area contributed by atoms with E-state index in [1.165, 1.54) is 6.33 Å². The summed E-state index contributed by atoms with van der Waals surface area (Å²) in [6.45, 7) is 5.17. The van der Waals surface area contributed by atoms with Crippen molar-refractivity contribution < 1.29 is 24.1 Å². The van der Waals surface area contributed by atoms with Gasteiger partial charge in [0.05, 0.1) is 39.0 Å². The molecule has 1 fully saturated rings. The van der Waals surface area contributed by atoms with Gasteiger partial charge < -0.3 is 33.9 Å². The van der Waals surface area contributed by atoms with E-state index >= 15 is 0 Å². The normalized spacial score (nSPS) is 22.6. The molecule has 0 aliphatic carbocycles. The van der Waals surface area contributed by atoms with Crippen LogP contribution in [0, 0.1) is 0 Å². The standard InChI is InChI=1S/C24H30N4O5/c1-4-10-33-23-18(13-30-2)27-20(22(23)29)17-11-28(15-32-12-16-8-6-5-7-9-16)21-19(17)25-14-26-24(21)31-3/h4-9,11,14,18,20,22-23,27,29H,1,10,12-13,15H2,2-3H3/t18-,20+,22+,23-/m1/s1. The summed E-state index contributed by atoms with van der Waals surface area (Å²) in [5.41, 5.74) is 3.28. The Kier molecular flexibility index (Phi) is 7.69. The Bertz CT molecular complexity index is 1060. The highest BCUT2D eigenvalue weighted by molar-refractivity contribution is 5.84. The molecule has 3 aromatic rings. The van der Waals surface area contributed by atoms with Gasteiger partial charge in [0, 0.05) is 18.9 Å². The van der Waals surface area contributed by atoms with Crippen LogP contribution in [0.5, 0.6) is 5.88 Å². The molecule has 2 aromatic heterocycles. The molecule has 0 spiro atoms. The van der Waals surface area contributed by atoms with Crippen LogP contribution in [-0.2, 0) is 27.5 Å². The van der Waals surface area contributed by atoms with Crippen molar-refractivity contribution in [2.45, 2.75) is 37.6 Å². The number of ether oxygens (including phenoxy) is 4. The summed E-state index contributed by atoms with van der Waals surface area (Å²) in [6, 6.07) is 9.35. The molecule has 0 amide bonds. The number of rotatable bonds is 11. The molecule has 0 bridgehead atoms. The Hall–Kier alpha value is -2.82. The van der Waals surface area contributed by atoms with Crippen LogP contribution < -0.4 is 10.1 Å². The van der Waals surface area contributed by atoms with Crippen molar-refractivity contribution in [2.24, 2.45) is 0 Å². The summed E-state index contributed by atoms with van der Waals surface area (Å²) in [5.74, 6) is 0.440. The molecule has 0 unspecified atom stereocenters. The van der Waals surface area contributed by atoms with Crippen molar-refractivity contribution in [1.29, 1.82) is 0 Å². The number of aliphatic hydroxyl groups is 1. The number of methoxy groups -OCH3 is 2.